The lowest BCUT2D eigenvalue weighted by molar-refractivity contribution is -0.139. The molecule has 0 saturated carbocycles. The molecule has 2 amide bonds. The van der Waals surface area contributed by atoms with Gasteiger partial charge in [-0.25, -0.2) is 8.42 Å². The van der Waals surface area contributed by atoms with Gasteiger partial charge in [0.15, 0.2) is 0 Å². The van der Waals surface area contributed by atoms with Gasteiger partial charge in [0.05, 0.1) is 10.6 Å². The Morgan fingerprint density at radius 3 is 2.15 bits per heavy atom. The summed E-state index contributed by atoms with van der Waals surface area (Å²) in [4.78, 5) is 28.5. The Morgan fingerprint density at radius 2 is 1.56 bits per heavy atom. The minimum atomic E-state index is -4.11. The number of benzene rings is 3. The molecule has 0 unspecified atom stereocenters. The number of amides is 2. The van der Waals surface area contributed by atoms with Crippen LogP contribution in [-0.2, 0) is 26.2 Å². The lowest BCUT2D eigenvalue weighted by atomic mass is 10.1. The summed E-state index contributed by atoms with van der Waals surface area (Å²) in [5.74, 6) is -0.800. The molecule has 208 valence electrons. The van der Waals surface area contributed by atoms with Crippen molar-refractivity contribution in [3.8, 4) is 0 Å². The molecule has 2 atom stereocenters. The molecule has 0 heterocycles. The van der Waals surface area contributed by atoms with E-state index in [2.05, 4.69) is 37.2 Å². The van der Waals surface area contributed by atoms with Crippen molar-refractivity contribution < 1.29 is 18.0 Å². The molecule has 7 nitrogen and oxygen atoms in total. The van der Waals surface area contributed by atoms with Crippen molar-refractivity contribution in [2.45, 2.75) is 57.6 Å². The molecular formula is C29H33Br2N3O4S. The van der Waals surface area contributed by atoms with Crippen LogP contribution >= 0.6 is 31.9 Å². The molecule has 0 aliphatic heterocycles. The van der Waals surface area contributed by atoms with Crippen molar-refractivity contribution in [2.24, 2.45) is 0 Å². The number of halogens is 2. The lowest BCUT2D eigenvalue weighted by Gasteiger charge is -2.32. The van der Waals surface area contributed by atoms with Gasteiger partial charge >= 0.3 is 0 Å². The number of nitrogens with one attached hydrogen (secondary N) is 1. The van der Waals surface area contributed by atoms with Gasteiger partial charge in [0, 0.05) is 21.5 Å². The molecule has 0 aliphatic carbocycles. The van der Waals surface area contributed by atoms with E-state index < -0.39 is 28.5 Å². The van der Waals surface area contributed by atoms with E-state index in [1.165, 1.54) is 17.0 Å². The van der Waals surface area contributed by atoms with Gasteiger partial charge in [-0.15, -0.1) is 0 Å². The Labute approximate surface area is 247 Å². The van der Waals surface area contributed by atoms with Gasteiger partial charge in [-0.3, -0.25) is 13.9 Å². The zero-order valence-electron chi connectivity index (χ0n) is 22.4. The number of anilines is 1. The molecule has 0 radical (unpaired) electrons. The maximum Gasteiger partial charge on any atom is 0.264 e. The highest BCUT2D eigenvalue weighted by molar-refractivity contribution is 9.10. The molecule has 3 aromatic rings. The van der Waals surface area contributed by atoms with Crippen molar-refractivity contribution in [1.29, 1.82) is 0 Å². The number of carbonyl (C=O) groups is 2. The summed E-state index contributed by atoms with van der Waals surface area (Å²) in [7, 11) is -4.11. The standard InChI is InChI=1S/C29H33Br2N3O4S/c1-5-21(3)32-29(36)22(4)33(18-23-11-13-24(30)14-12-23)28(35)19-34(26-8-6-7-25(31)17-26)39(37,38)27-15-9-20(2)10-16-27/h6-17,21-22H,5,18-19H2,1-4H3,(H,32,36)/t21-,22+/m0/s1. The summed E-state index contributed by atoms with van der Waals surface area (Å²) in [5.41, 5.74) is 2.06. The molecule has 1 N–H and O–H groups in total. The first-order valence-electron chi connectivity index (χ1n) is 12.6. The van der Waals surface area contributed by atoms with Crippen LogP contribution in [0.3, 0.4) is 0 Å². The van der Waals surface area contributed by atoms with Gasteiger partial charge in [-0.2, -0.15) is 0 Å². The number of carbonyl (C=O) groups excluding carboxylic acids is 2. The van der Waals surface area contributed by atoms with Crippen LogP contribution in [-0.4, -0.2) is 43.8 Å². The zero-order valence-corrected chi connectivity index (χ0v) is 26.4. The molecule has 0 aromatic heterocycles. The van der Waals surface area contributed by atoms with Gasteiger partial charge in [-0.05, 0) is 75.2 Å². The average molecular weight is 679 g/mol. The van der Waals surface area contributed by atoms with Gasteiger partial charge in [-0.1, -0.05) is 74.7 Å². The van der Waals surface area contributed by atoms with Crippen LogP contribution in [0.2, 0.25) is 0 Å². The van der Waals surface area contributed by atoms with E-state index in [9.17, 15) is 18.0 Å². The highest BCUT2D eigenvalue weighted by Crippen LogP contribution is 2.27. The maximum atomic E-state index is 13.9. The molecule has 0 bridgehead atoms. The van der Waals surface area contributed by atoms with E-state index in [1.54, 1.807) is 43.3 Å². The monoisotopic (exact) mass is 677 g/mol. The van der Waals surface area contributed by atoms with Crippen LogP contribution in [0.1, 0.15) is 38.3 Å². The summed E-state index contributed by atoms with van der Waals surface area (Å²) < 4.78 is 30.4. The van der Waals surface area contributed by atoms with Crippen LogP contribution in [0.25, 0.3) is 0 Å². The van der Waals surface area contributed by atoms with E-state index >= 15 is 0 Å². The van der Waals surface area contributed by atoms with Crippen LogP contribution in [0, 0.1) is 6.92 Å². The first-order valence-corrected chi connectivity index (χ1v) is 15.6. The largest absolute Gasteiger partial charge is 0.352 e. The topological polar surface area (TPSA) is 86.8 Å². The van der Waals surface area contributed by atoms with Crippen LogP contribution < -0.4 is 9.62 Å². The van der Waals surface area contributed by atoms with Gasteiger partial charge in [0.2, 0.25) is 11.8 Å². The number of sulfonamides is 1. The van der Waals surface area contributed by atoms with E-state index in [1.807, 2.05) is 45.0 Å². The predicted molar refractivity (Wildman–Crippen MR) is 162 cm³/mol. The Kier molecular flexibility index (Phi) is 10.7. The third-order valence-corrected chi connectivity index (χ3v) is 9.23. The quantitative estimate of drug-likeness (QED) is 0.268. The SMILES string of the molecule is CC[C@H](C)NC(=O)[C@@H](C)N(Cc1ccc(Br)cc1)C(=O)CN(c1cccc(Br)c1)S(=O)(=O)c1ccc(C)cc1. The normalized spacial score (nSPS) is 12.9. The third-order valence-electron chi connectivity index (χ3n) is 6.42. The first-order chi connectivity index (χ1) is 18.4. The molecule has 10 heteroatoms. The number of rotatable bonds is 11. The number of aryl methyl sites for hydroxylation is 1. The van der Waals surface area contributed by atoms with Gasteiger partial charge < -0.3 is 10.2 Å². The second-order valence-electron chi connectivity index (χ2n) is 9.45. The molecule has 0 spiro atoms. The molecule has 0 saturated heterocycles. The fourth-order valence-corrected chi connectivity index (χ4v) is 5.89. The number of hydrogen-bond donors (Lipinski definition) is 1. The molecule has 0 fully saturated rings. The molecule has 3 aromatic carbocycles. The van der Waals surface area contributed by atoms with Crippen LogP contribution in [0.15, 0.2) is 86.6 Å². The minimum absolute atomic E-state index is 0.0651. The molecule has 39 heavy (non-hydrogen) atoms. The Balaban J connectivity index is 2.02. The van der Waals surface area contributed by atoms with Crippen molar-refractivity contribution >= 4 is 59.4 Å². The Hall–Kier alpha value is -2.69. The Bertz CT molecular complexity index is 1400. The molecular weight excluding hydrogens is 646 g/mol. The lowest BCUT2D eigenvalue weighted by Crippen LogP contribution is -2.52. The van der Waals surface area contributed by atoms with E-state index in [4.69, 9.17) is 0 Å². The van der Waals surface area contributed by atoms with E-state index in [-0.39, 0.29) is 23.4 Å². The fraction of sp³-hybridized carbons (Fsp3) is 0.310. The predicted octanol–water partition coefficient (Wildman–Crippen LogP) is 6.05. The summed E-state index contributed by atoms with van der Waals surface area (Å²) in [6, 6.07) is 19.8. The summed E-state index contributed by atoms with van der Waals surface area (Å²) in [5, 5.41) is 2.94. The molecule has 0 aliphatic rings. The van der Waals surface area contributed by atoms with Crippen LogP contribution in [0.5, 0.6) is 0 Å². The third kappa shape index (κ3) is 8.16. The van der Waals surface area contributed by atoms with Crippen molar-refractivity contribution in [3.05, 3.63) is 92.9 Å². The second kappa shape index (κ2) is 13.6. The van der Waals surface area contributed by atoms with E-state index in [0.29, 0.717) is 10.2 Å². The van der Waals surface area contributed by atoms with Crippen molar-refractivity contribution in [3.63, 3.8) is 0 Å². The van der Waals surface area contributed by atoms with Crippen LogP contribution in [0.4, 0.5) is 5.69 Å². The highest BCUT2D eigenvalue weighted by atomic mass is 79.9. The summed E-state index contributed by atoms with van der Waals surface area (Å²) in [6.45, 7) is 7.05. The summed E-state index contributed by atoms with van der Waals surface area (Å²) in [6.07, 6.45) is 0.741. The maximum absolute atomic E-state index is 13.9. The molecule has 3 rings (SSSR count). The van der Waals surface area contributed by atoms with Crippen molar-refractivity contribution in [2.75, 3.05) is 10.8 Å². The average Bonchev–Trinajstić information content (AvgIpc) is 2.90. The van der Waals surface area contributed by atoms with Gasteiger partial charge in [0.1, 0.15) is 12.6 Å². The summed E-state index contributed by atoms with van der Waals surface area (Å²) >= 11 is 6.83. The van der Waals surface area contributed by atoms with Gasteiger partial charge in [0.25, 0.3) is 10.0 Å². The number of nitrogens with zero attached hydrogens (tertiary/aromatic N) is 2. The van der Waals surface area contributed by atoms with Crippen molar-refractivity contribution in [1.82, 2.24) is 10.2 Å². The highest BCUT2D eigenvalue weighted by Gasteiger charge is 2.32. The fourth-order valence-electron chi connectivity index (χ4n) is 3.83. The second-order valence-corrected chi connectivity index (χ2v) is 13.1. The van der Waals surface area contributed by atoms with E-state index in [0.717, 1.165) is 26.3 Å². The zero-order chi connectivity index (χ0) is 28.7. The first kappa shape index (κ1) is 30.8. The minimum Gasteiger partial charge on any atom is -0.352 e. The Morgan fingerprint density at radius 1 is 0.923 bits per heavy atom. The smallest absolute Gasteiger partial charge is 0.264 e. The number of hydrogen-bond acceptors (Lipinski definition) is 4.